The van der Waals surface area contributed by atoms with Crippen molar-refractivity contribution in [3.05, 3.63) is 80.4 Å². The number of thioether (sulfide) groups is 1. The van der Waals surface area contributed by atoms with E-state index >= 15 is 0 Å². The number of halogens is 1. The second kappa shape index (κ2) is 10.7. The highest BCUT2D eigenvalue weighted by Gasteiger charge is 2.15. The van der Waals surface area contributed by atoms with Crippen molar-refractivity contribution in [2.45, 2.75) is 36.8 Å². The third-order valence-corrected chi connectivity index (χ3v) is 7.84. The van der Waals surface area contributed by atoms with Crippen molar-refractivity contribution in [3.8, 4) is 11.5 Å². The van der Waals surface area contributed by atoms with Crippen LogP contribution in [0.4, 0.5) is 0 Å². The molecular formula is C25H22ClN3O4S2. The number of hydrogen-bond donors (Lipinski definition) is 1. The Morgan fingerprint density at radius 3 is 2.91 bits per heavy atom. The molecule has 1 aliphatic rings. The number of aromatic nitrogens is 2. The maximum Gasteiger partial charge on any atom is 0.272 e. The fraction of sp³-hybridized carbons (Fsp3) is 0.240. The Balaban J connectivity index is 1.22. The Hall–Kier alpha value is -3.01. The van der Waals surface area contributed by atoms with Gasteiger partial charge in [0.2, 0.25) is 12.7 Å². The van der Waals surface area contributed by atoms with E-state index in [1.807, 2.05) is 53.9 Å². The Bertz CT molecular complexity index is 1440. The number of hydrogen-bond acceptors (Lipinski definition) is 7. The molecule has 1 aliphatic heterocycles. The molecule has 10 heteroatoms. The third-order valence-electron chi connectivity index (χ3n) is 5.56. The van der Waals surface area contributed by atoms with E-state index in [2.05, 4.69) is 5.32 Å². The summed E-state index contributed by atoms with van der Waals surface area (Å²) in [4.78, 5) is 30.3. The topological polar surface area (TPSA) is 82.5 Å². The fourth-order valence-electron chi connectivity index (χ4n) is 3.73. The van der Waals surface area contributed by atoms with Gasteiger partial charge in [0.1, 0.15) is 4.70 Å². The lowest BCUT2D eigenvalue weighted by Gasteiger charge is -2.12. The van der Waals surface area contributed by atoms with Crippen LogP contribution in [0.25, 0.3) is 10.2 Å². The standard InChI is InChI=1S/C25H22ClN3O4S2/c26-18-5-2-1-4-17(18)14-35-25-28-19-9-11-34-23(19)24(31)29(25)10-3-6-22(30)27-13-16-7-8-20-21(12-16)33-15-32-20/h1-2,4-5,7-9,11-12H,3,6,10,13-15H2,(H,27,30). The molecule has 1 N–H and O–H groups in total. The van der Waals surface area contributed by atoms with Gasteiger partial charge in [0.25, 0.3) is 5.56 Å². The van der Waals surface area contributed by atoms with Gasteiger partial charge in [0, 0.05) is 30.3 Å². The van der Waals surface area contributed by atoms with Crippen molar-refractivity contribution >= 4 is 50.8 Å². The molecule has 4 aromatic rings. The zero-order valence-electron chi connectivity index (χ0n) is 18.7. The van der Waals surface area contributed by atoms with Crippen LogP contribution >= 0.6 is 34.7 Å². The van der Waals surface area contributed by atoms with E-state index < -0.39 is 0 Å². The van der Waals surface area contributed by atoms with Crippen molar-refractivity contribution in [3.63, 3.8) is 0 Å². The van der Waals surface area contributed by atoms with Gasteiger partial charge in [-0.25, -0.2) is 4.98 Å². The van der Waals surface area contributed by atoms with Gasteiger partial charge in [-0.1, -0.05) is 47.6 Å². The molecule has 2 aromatic carbocycles. The minimum Gasteiger partial charge on any atom is -0.454 e. The highest BCUT2D eigenvalue weighted by molar-refractivity contribution is 7.98. The molecule has 3 heterocycles. The summed E-state index contributed by atoms with van der Waals surface area (Å²) >= 11 is 9.16. The van der Waals surface area contributed by atoms with E-state index in [1.165, 1.54) is 23.1 Å². The summed E-state index contributed by atoms with van der Waals surface area (Å²) in [6, 6.07) is 15.1. The van der Waals surface area contributed by atoms with Crippen LogP contribution in [0.1, 0.15) is 24.0 Å². The number of nitrogens with one attached hydrogen (secondary N) is 1. The van der Waals surface area contributed by atoms with Gasteiger partial charge in [-0.2, -0.15) is 0 Å². The molecule has 1 amide bonds. The van der Waals surface area contributed by atoms with Gasteiger partial charge < -0.3 is 14.8 Å². The van der Waals surface area contributed by atoms with Crippen LogP contribution in [0.5, 0.6) is 11.5 Å². The lowest BCUT2D eigenvalue weighted by molar-refractivity contribution is -0.121. The number of fused-ring (bicyclic) bond motifs is 2. The summed E-state index contributed by atoms with van der Waals surface area (Å²) in [7, 11) is 0. The van der Waals surface area contributed by atoms with Gasteiger partial charge in [0.05, 0.1) is 5.52 Å². The van der Waals surface area contributed by atoms with Gasteiger partial charge in [-0.15, -0.1) is 11.3 Å². The summed E-state index contributed by atoms with van der Waals surface area (Å²) < 4.78 is 13.0. The number of thiophene rings is 1. The average Bonchev–Trinajstić information content (AvgIpc) is 3.53. The summed E-state index contributed by atoms with van der Waals surface area (Å²) in [5, 5.41) is 6.11. The van der Waals surface area contributed by atoms with Crippen LogP contribution < -0.4 is 20.3 Å². The molecule has 2 aromatic heterocycles. The first-order valence-electron chi connectivity index (χ1n) is 11.1. The molecule has 0 saturated carbocycles. The van der Waals surface area contributed by atoms with Crippen LogP contribution in [0.3, 0.4) is 0 Å². The number of amides is 1. The molecule has 0 unspecified atom stereocenters. The molecule has 5 rings (SSSR count). The summed E-state index contributed by atoms with van der Waals surface area (Å²) in [6.07, 6.45) is 0.819. The van der Waals surface area contributed by atoms with Gasteiger partial charge >= 0.3 is 0 Å². The smallest absolute Gasteiger partial charge is 0.272 e. The number of rotatable bonds is 9. The molecule has 0 bridgehead atoms. The Labute approximate surface area is 215 Å². The highest BCUT2D eigenvalue weighted by atomic mass is 35.5. The van der Waals surface area contributed by atoms with Crippen LogP contribution in [0.2, 0.25) is 5.02 Å². The van der Waals surface area contributed by atoms with Gasteiger partial charge in [0.15, 0.2) is 16.7 Å². The van der Waals surface area contributed by atoms with E-state index in [0.29, 0.717) is 63.6 Å². The van der Waals surface area contributed by atoms with Crippen molar-refractivity contribution in [2.75, 3.05) is 6.79 Å². The van der Waals surface area contributed by atoms with Crippen LogP contribution in [-0.2, 0) is 23.6 Å². The highest BCUT2D eigenvalue weighted by Crippen LogP contribution is 2.32. The third kappa shape index (κ3) is 5.47. The average molecular weight is 528 g/mol. The predicted molar refractivity (Wildman–Crippen MR) is 139 cm³/mol. The Morgan fingerprint density at radius 2 is 2.03 bits per heavy atom. The van der Waals surface area contributed by atoms with Crippen molar-refractivity contribution in [1.82, 2.24) is 14.9 Å². The molecule has 35 heavy (non-hydrogen) atoms. The molecule has 0 radical (unpaired) electrons. The van der Waals surface area contributed by atoms with E-state index in [1.54, 1.807) is 4.57 Å². The Morgan fingerprint density at radius 1 is 1.17 bits per heavy atom. The fourth-order valence-corrected chi connectivity index (χ4v) is 5.82. The SMILES string of the molecule is O=C(CCCn1c(SCc2ccccc2Cl)nc2ccsc2c1=O)NCc1ccc2c(c1)OCO2. The van der Waals surface area contributed by atoms with E-state index in [0.717, 1.165) is 11.1 Å². The van der Waals surface area contributed by atoms with Gasteiger partial charge in [-0.3, -0.25) is 14.2 Å². The quantitative estimate of drug-likeness (QED) is 0.237. The second-order valence-electron chi connectivity index (χ2n) is 7.93. The molecule has 7 nitrogen and oxygen atoms in total. The first-order valence-corrected chi connectivity index (χ1v) is 13.3. The lowest BCUT2D eigenvalue weighted by atomic mass is 10.2. The molecule has 0 atom stereocenters. The summed E-state index contributed by atoms with van der Waals surface area (Å²) in [5.41, 5.74) is 2.53. The number of carbonyl (C=O) groups is 1. The predicted octanol–water partition coefficient (Wildman–Crippen LogP) is 5.23. The zero-order valence-corrected chi connectivity index (χ0v) is 21.0. The first kappa shape index (κ1) is 23.7. The Kier molecular flexibility index (Phi) is 7.26. The molecule has 0 saturated heterocycles. The summed E-state index contributed by atoms with van der Waals surface area (Å²) in [5.74, 6) is 1.92. The number of benzene rings is 2. The normalized spacial score (nSPS) is 12.3. The molecular weight excluding hydrogens is 506 g/mol. The number of carbonyl (C=O) groups excluding carboxylic acids is 1. The second-order valence-corrected chi connectivity index (χ2v) is 10.2. The van der Waals surface area contributed by atoms with Crippen molar-refractivity contribution < 1.29 is 14.3 Å². The maximum absolute atomic E-state index is 13.1. The zero-order chi connectivity index (χ0) is 24.2. The van der Waals surface area contributed by atoms with Gasteiger partial charge in [-0.05, 0) is 47.2 Å². The van der Waals surface area contributed by atoms with E-state index in [4.69, 9.17) is 26.1 Å². The minimum atomic E-state index is -0.0776. The number of ether oxygens (including phenoxy) is 2. The maximum atomic E-state index is 13.1. The number of nitrogens with zero attached hydrogens (tertiary/aromatic N) is 2. The lowest BCUT2D eigenvalue weighted by Crippen LogP contribution is -2.25. The van der Waals surface area contributed by atoms with Crippen LogP contribution in [0.15, 0.2) is 63.9 Å². The van der Waals surface area contributed by atoms with Crippen molar-refractivity contribution in [2.24, 2.45) is 0 Å². The monoisotopic (exact) mass is 527 g/mol. The molecule has 0 aliphatic carbocycles. The van der Waals surface area contributed by atoms with Crippen LogP contribution in [-0.4, -0.2) is 22.3 Å². The first-order chi connectivity index (χ1) is 17.1. The largest absolute Gasteiger partial charge is 0.454 e. The van der Waals surface area contributed by atoms with Crippen LogP contribution in [0, 0.1) is 0 Å². The molecule has 180 valence electrons. The molecule has 0 fully saturated rings. The van der Waals surface area contributed by atoms with E-state index in [-0.39, 0.29) is 18.3 Å². The van der Waals surface area contributed by atoms with E-state index in [9.17, 15) is 9.59 Å². The minimum absolute atomic E-state index is 0.0765. The summed E-state index contributed by atoms with van der Waals surface area (Å²) in [6.45, 7) is 1.02. The molecule has 0 spiro atoms. The van der Waals surface area contributed by atoms with Crippen molar-refractivity contribution in [1.29, 1.82) is 0 Å².